The Morgan fingerprint density at radius 3 is 2.61 bits per heavy atom. The van der Waals surface area contributed by atoms with E-state index in [0.29, 0.717) is 19.3 Å². The summed E-state index contributed by atoms with van der Waals surface area (Å²) in [6.07, 6.45) is 7.25. The molecule has 0 saturated carbocycles. The van der Waals surface area contributed by atoms with Crippen molar-refractivity contribution in [3.8, 4) is 11.3 Å². The van der Waals surface area contributed by atoms with Crippen molar-refractivity contribution in [2.45, 2.75) is 38.6 Å². The molecular weight excluding hydrogens is 486 g/mol. The van der Waals surface area contributed by atoms with Gasteiger partial charge in [0.1, 0.15) is 17.3 Å². The molecule has 0 saturated heterocycles. The van der Waals surface area contributed by atoms with Crippen LogP contribution in [0, 0.1) is 11.6 Å². The molecular formula is C30H26F2N4O2. The molecule has 0 spiro atoms. The number of nitrogens with zero attached hydrogens (tertiary/aromatic N) is 3. The topological polar surface area (TPSA) is 80.6 Å². The Labute approximate surface area is 218 Å². The molecule has 0 fully saturated rings. The van der Waals surface area contributed by atoms with Gasteiger partial charge < -0.3 is 4.98 Å². The number of aromatic amines is 1. The van der Waals surface area contributed by atoms with Crippen LogP contribution in [0.4, 0.5) is 8.78 Å². The van der Waals surface area contributed by atoms with Crippen molar-refractivity contribution in [3.05, 3.63) is 118 Å². The van der Waals surface area contributed by atoms with E-state index in [1.807, 2.05) is 42.5 Å². The number of rotatable bonds is 10. The number of ketones is 1. The van der Waals surface area contributed by atoms with Gasteiger partial charge in [0.2, 0.25) is 0 Å². The van der Waals surface area contributed by atoms with E-state index in [0.717, 1.165) is 46.8 Å². The van der Waals surface area contributed by atoms with E-state index in [4.69, 9.17) is 0 Å². The fraction of sp³-hybridized carbons (Fsp3) is 0.200. The number of pyridine rings is 1. The molecule has 1 N–H and O–H groups in total. The van der Waals surface area contributed by atoms with E-state index >= 15 is 0 Å². The van der Waals surface area contributed by atoms with Gasteiger partial charge in [-0.2, -0.15) is 0 Å². The fourth-order valence-electron chi connectivity index (χ4n) is 4.57. The molecule has 3 aromatic heterocycles. The summed E-state index contributed by atoms with van der Waals surface area (Å²) in [5, 5.41) is 0.948. The van der Waals surface area contributed by atoms with Crippen LogP contribution in [0.25, 0.3) is 22.2 Å². The molecule has 0 atom stereocenters. The van der Waals surface area contributed by atoms with Crippen LogP contribution in [-0.4, -0.2) is 25.3 Å². The number of carbonyl (C=O) groups is 1. The average molecular weight is 513 g/mol. The minimum absolute atomic E-state index is 0.0730. The maximum atomic E-state index is 14.7. The first kappa shape index (κ1) is 25.2. The molecule has 5 rings (SSSR count). The number of fused-ring (bicyclic) bond motifs is 1. The van der Waals surface area contributed by atoms with Gasteiger partial charge in [-0.15, -0.1) is 0 Å². The van der Waals surface area contributed by atoms with Crippen molar-refractivity contribution < 1.29 is 13.6 Å². The zero-order valence-corrected chi connectivity index (χ0v) is 20.7. The predicted molar refractivity (Wildman–Crippen MR) is 142 cm³/mol. The lowest BCUT2D eigenvalue weighted by Gasteiger charge is -2.15. The highest BCUT2D eigenvalue weighted by atomic mass is 19.1. The smallest absolute Gasteiger partial charge is 0.273 e. The summed E-state index contributed by atoms with van der Waals surface area (Å²) in [6.45, 7) is -0.264. The van der Waals surface area contributed by atoms with Crippen LogP contribution in [0.3, 0.4) is 0 Å². The van der Waals surface area contributed by atoms with Gasteiger partial charge in [0, 0.05) is 41.0 Å². The average Bonchev–Trinajstić information content (AvgIpc) is 3.35. The van der Waals surface area contributed by atoms with Gasteiger partial charge in [-0.3, -0.25) is 24.1 Å². The van der Waals surface area contributed by atoms with E-state index in [1.165, 1.54) is 10.8 Å². The van der Waals surface area contributed by atoms with Crippen molar-refractivity contribution in [1.29, 1.82) is 0 Å². The number of hydrogen-bond acceptors (Lipinski definition) is 4. The summed E-state index contributed by atoms with van der Waals surface area (Å²) in [5.74, 6) is -1.55. The van der Waals surface area contributed by atoms with Crippen LogP contribution in [0.5, 0.6) is 0 Å². The number of benzene rings is 2. The standard InChI is InChI=1S/C30H26F2N4O2/c31-22-9-12-26(32)25(16-22)29-18-34-28(8-4-7-20-5-2-1-3-6-20)30(38)36(29)19-24(37)11-10-23-15-21-17-33-14-13-27(21)35-23/h1-3,5-6,9,12-18,35H,4,7-8,10-11,19H2. The molecule has 38 heavy (non-hydrogen) atoms. The molecule has 8 heteroatoms. The summed E-state index contributed by atoms with van der Waals surface area (Å²) in [5.41, 5.74) is 2.74. The van der Waals surface area contributed by atoms with Gasteiger partial charge in [-0.1, -0.05) is 30.3 Å². The normalized spacial score (nSPS) is 11.2. The summed E-state index contributed by atoms with van der Waals surface area (Å²) >= 11 is 0. The van der Waals surface area contributed by atoms with E-state index in [1.54, 1.807) is 12.4 Å². The lowest BCUT2D eigenvalue weighted by molar-refractivity contribution is -0.119. The molecule has 0 bridgehead atoms. The largest absolute Gasteiger partial charge is 0.358 e. The Hall–Kier alpha value is -4.46. The van der Waals surface area contributed by atoms with Gasteiger partial charge in [-0.05, 0) is 61.6 Å². The highest BCUT2D eigenvalue weighted by Crippen LogP contribution is 2.23. The Bertz CT molecular complexity index is 1610. The molecule has 0 aliphatic carbocycles. The van der Waals surface area contributed by atoms with Crippen LogP contribution in [-0.2, 0) is 30.6 Å². The van der Waals surface area contributed by atoms with Crippen LogP contribution >= 0.6 is 0 Å². The quantitative estimate of drug-likeness (QED) is 0.270. The highest BCUT2D eigenvalue weighted by Gasteiger charge is 2.18. The second kappa shape index (κ2) is 11.3. The number of halogens is 2. The minimum atomic E-state index is -0.697. The summed E-state index contributed by atoms with van der Waals surface area (Å²) in [6, 6.07) is 16.7. The van der Waals surface area contributed by atoms with Crippen LogP contribution < -0.4 is 5.56 Å². The third-order valence-electron chi connectivity index (χ3n) is 6.54. The first-order valence-corrected chi connectivity index (χ1v) is 12.5. The van der Waals surface area contributed by atoms with Crippen molar-refractivity contribution in [1.82, 2.24) is 19.5 Å². The monoisotopic (exact) mass is 512 g/mol. The van der Waals surface area contributed by atoms with Gasteiger partial charge in [0.15, 0.2) is 5.78 Å². The SMILES string of the molecule is O=C(CCc1cc2cnccc2[nH]1)Cn1c(-c2cc(F)ccc2F)cnc(CCCc2ccccc2)c1=O. The Kier molecular flexibility index (Phi) is 7.49. The van der Waals surface area contributed by atoms with Crippen molar-refractivity contribution in [3.63, 3.8) is 0 Å². The van der Waals surface area contributed by atoms with Crippen LogP contribution in [0.15, 0.2) is 84.0 Å². The van der Waals surface area contributed by atoms with Crippen molar-refractivity contribution >= 4 is 16.7 Å². The number of H-pyrrole nitrogens is 1. The zero-order valence-electron chi connectivity index (χ0n) is 20.7. The molecule has 0 radical (unpaired) electrons. The summed E-state index contributed by atoms with van der Waals surface area (Å²) in [4.78, 5) is 38.1. The molecule has 2 aromatic carbocycles. The van der Waals surface area contributed by atoms with Crippen molar-refractivity contribution in [2.75, 3.05) is 0 Å². The maximum absolute atomic E-state index is 14.7. The molecule has 0 aliphatic rings. The Morgan fingerprint density at radius 2 is 1.79 bits per heavy atom. The third kappa shape index (κ3) is 5.75. The molecule has 192 valence electrons. The molecule has 0 aliphatic heterocycles. The van der Waals surface area contributed by atoms with Gasteiger partial charge in [0.25, 0.3) is 5.56 Å². The van der Waals surface area contributed by atoms with E-state index in [2.05, 4.69) is 15.0 Å². The molecule has 0 amide bonds. The first-order chi connectivity index (χ1) is 18.5. The second-order valence-corrected chi connectivity index (χ2v) is 9.24. The number of Topliss-reactive ketones (excluding diaryl/α,β-unsaturated/α-hetero) is 1. The number of aromatic nitrogens is 4. The second-order valence-electron chi connectivity index (χ2n) is 9.24. The maximum Gasteiger partial charge on any atom is 0.273 e. The molecule has 6 nitrogen and oxygen atoms in total. The molecule has 5 aromatic rings. The lowest BCUT2D eigenvalue weighted by Crippen LogP contribution is -2.30. The predicted octanol–water partition coefficient (Wildman–Crippen LogP) is 5.44. The molecule has 3 heterocycles. The number of nitrogens with one attached hydrogen (secondary N) is 1. The van der Waals surface area contributed by atoms with Gasteiger partial charge in [-0.25, -0.2) is 8.78 Å². The zero-order chi connectivity index (χ0) is 26.5. The number of aryl methyl sites for hydroxylation is 3. The minimum Gasteiger partial charge on any atom is -0.358 e. The van der Waals surface area contributed by atoms with E-state index < -0.39 is 17.2 Å². The van der Waals surface area contributed by atoms with E-state index in [9.17, 15) is 18.4 Å². The van der Waals surface area contributed by atoms with E-state index in [-0.39, 0.29) is 35.7 Å². The Balaban J connectivity index is 1.38. The molecule has 0 unspecified atom stereocenters. The first-order valence-electron chi connectivity index (χ1n) is 12.5. The van der Waals surface area contributed by atoms with Crippen LogP contribution in [0.2, 0.25) is 0 Å². The fourth-order valence-corrected chi connectivity index (χ4v) is 4.57. The number of carbonyl (C=O) groups excluding carboxylic acids is 1. The van der Waals surface area contributed by atoms with Crippen LogP contribution in [0.1, 0.15) is 29.8 Å². The summed E-state index contributed by atoms with van der Waals surface area (Å²) in [7, 11) is 0. The Morgan fingerprint density at radius 1 is 0.947 bits per heavy atom. The summed E-state index contributed by atoms with van der Waals surface area (Å²) < 4.78 is 29.9. The lowest BCUT2D eigenvalue weighted by atomic mass is 10.1. The third-order valence-corrected chi connectivity index (χ3v) is 6.54. The van der Waals surface area contributed by atoms with Gasteiger partial charge >= 0.3 is 0 Å². The number of hydrogen-bond donors (Lipinski definition) is 1. The van der Waals surface area contributed by atoms with Crippen molar-refractivity contribution in [2.24, 2.45) is 0 Å². The highest BCUT2D eigenvalue weighted by molar-refractivity contribution is 5.81. The van der Waals surface area contributed by atoms with Gasteiger partial charge in [0.05, 0.1) is 18.4 Å².